The largest absolute Gasteiger partial charge is 0.469 e. The molecule has 1 aromatic carbocycles. The summed E-state index contributed by atoms with van der Waals surface area (Å²) in [6.07, 6.45) is -3.18. The van der Waals surface area contributed by atoms with Gasteiger partial charge in [-0.15, -0.1) is 0 Å². The Hall–Kier alpha value is -1.84. The van der Waals surface area contributed by atoms with Gasteiger partial charge in [0.05, 0.1) is 22.3 Å². The van der Waals surface area contributed by atoms with Crippen LogP contribution in [0.15, 0.2) is 52.0 Å². The number of hydrogen-bond acceptors (Lipinski definition) is 4. The van der Waals surface area contributed by atoms with Crippen LogP contribution in [0.3, 0.4) is 0 Å². The molecule has 0 spiro atoms. The van der Waals surface area contributed by atoms with Crippen LogP contribution < -0.4 is 4.72 Å². The van der Waals surface area contributed by atoms with Crippen LogP contribution in [0.1, 0.15) is 18.2 Å². The molecular formula is C15H16F3NO4S. The number of rotatable bonds is 6. The number of hydrogen-bond donors (Lipinski definition) is 2. The topological polar surface area (TPSA) is 79.5 Å². The summed E-state index contributed by atoms with van der Waals surface area (Å²) < 4.78 is 69.5. The average Bonchev–Trinajstić information content (AvgIpc) is 2.97. The Bertz CT molecular complexity index is 783. The fourth-order valence-electron chi connectivity index (χ4n) is 2.02. The summed E-state index contributed by atoms with van der Waals surface area (Å²) in [6.45, 7) is 1.01. The number of halogens is 3. The van der Waals surface area contributed by atoms with Crippen molar-refractivity contribution in [2.45, 2.75) is 30.0 Å². The van der Waals surface area contributed by atoms with Crippen molar-refractivity contribution in [2.24, 2.45) is 0 Å². The summed E-state index contributed by atoms with van der Waals surface area (Å²) in [5, 5.41) is 10.2. The van der Waals surface area contributed by atoms with Gasteiger partial charge < -0.3 is 9.52 Å². The maximum atomic E-state index is 12.7. The fraction of sp³-hybridized carbons (Fsp3) is 0.333. The Morgan fingerprint density at radius 3 is 2.50 bits per heavy atom. The van der Waals surface area contributed by atoms with E-state index in [2.05, 4.69) is 4.72 Å². The normalized spacial score (nSPS) is 15.2. The zero-order chi connectivity index (χ0) is 18.0. The van der Waals surface area contributed by atoms with E-state index in [1.807, 2.05) is 0 Å². The molecule has 1 atom stereocenters. The second kappa shape index (κ2) is 6.58. The molecule has 24 heavy (non-hydrogen) atoms. The van der Waals surface area contributed by atoms with E-state index in [1.165, 1.54) is 13.2 Å². The van der Waals surface area contributed by atoms with Crippen molar-refractivity contribution in [3.63, 3.8) is 0 Å². The average molecular weight is 363 g/mol. The third-order valence-electron chi connectivity index (χ3n) is 3.25. The van der Waals surface area contributed by atoms with Gasteiger partial charge in [-0.2, -0.15) is 13.2 Å². The highest BCUT2D eigenvalue weighted by Crippen LogP contribution is 2.30. The number of furan rings is 1. The number of sulfonamides is 1. The lowest BCUT2D eigenvalue weighted by atomic mass is 10.0. The molecule has 1 aromatic heterocycles. The van der Waals surface area contributed by atoms with Gasteiger partial charge in [-0.05, 0) is 37.3 Å². The Morgan fingerprint density at radius 1 is 1.21 bits per heavy atom. The number of alkyl halides is 3. The Morgan fingerprint density at radius 2 is 1.92 bits per heavy atom. The Balaban J connectivity index is 2.11. The summed E-state index contributed by atoms with van der Waals surface area (Å²) in [6, 6.07) is 6.64. The van der Waals surface area contributed by atoms with Crippen LogP contribution in [0.4, 0.5) is 13.2 Å². The molecule has 0 aliphatic carbocycles. The molecular weight excluding hydrogens is 347 g/mol. The first kappa shape index (κ1) is 18.5. The van der Waals surface area contributed by atoms with Crippen molar-refractivity contribution in [2.75, 3.05) is 6.54 Å². The number of aliphatic hydroxyl groups is 1. The van der Waals surface area contributed by atoms with Gasteiger partial charge in [-0.1, -0.05) is 6.07 Å². The lowest BCUT2D eigenvalue weighted by Gasteiger charge is -2.22. The molecule has 0 unspecified atom stereocenters. The minimum Gasteiger partial charge on any atom is -0.469 e. The first-order valence-corrected chi connectivity index (χ1v) is 8.40. The van der Waals surface area contributed by atoms with Gasteiger partial charge in [-0.3, -0.25) is 0 Å². The van der Waals surface area contributed by atoms with Crippen LogP contribution in [-0.2, 0) is 22.6 Å². The van der Waals surface area contributed by atoms with E-state index < -0.39 is 32.3 Å². The van der Waals surface area contributed by atoms with Crippen LogP contribution in [-0.4, -0.2) is 25.7 Å². The highest BCUT2D eigenvalue weighted by molar-refractivity contribution is 7.89. The van der Waals surface area contributed by atoms with E-state index in [0.29, 0.717) is 11.8 Å². The van der Waals surface area contributed by atoms with E-state index in [0.717, 1.165) is 18.2 Å². The van der Waals surface area contributed by atoms with Gasteiger partial charge in [0.1, 0.15) is 5.76 Å². The summed E-state index contributed by atoms with van der Waals surface area (Å²) in [7, 11) is -4.20. The van der Waals surface area contributed by atoms with Gasteiger partial charge >= 0.3 is 6.18 Å². The van der Waals surface area contributed by atoms with Crippen LogP contribution in [0.25, 0.3) is 0 Å². The molecule has 0 bridgehead atoms. The minimum absolute atomic E-state index is 0.0467. The third kappa shape index (κ3) is 4.83. The van der Waals surface area contributed by atoms with Crippen LogP contribution in [0.5, 0.6) is 0 Å². The third-order valence-corrected chi connectivity index (χ3v) is 4.65. The standard InChI is InChI=1S/C15H16F3NO4S/c1-14(20,9-12-5-3-7-23-12)10-19-24(21,22)13-6-2-4-11(8-13)15(16,17)18/h2-8,19-20H,9-10H2,1H3/t14-/m1/s1. The van der Waals surface area contributed by atoms with E-state index >= 15 is 0 Å². The molecule has 0 amide bonds. The Labute approximate surface area is 137 Å². The van der Waals surface area contributed by atoms with Gasteiger partial charge in [0, 0.05) is 13.0 Å². The van der Waals surface area contributed by atoms with Crippen molar-refractivity contribution in [3.8, 4) is 0 Å². The quantitative estimate of drug-likeness (QED) is 0.827. The highest BCUT2D eigenvalue weighted by atomic mass is 32.2. The van der Waals surface area contributed by atoms with Gasteiger partial charge in [0.25, 0.3) is 0 Å². The lowest BCUT2D eigenvalue weighted by molar-refractivity contribution is -0.137. The van der Waals surface area contributed by atoms with E-state index in [-0.39, 0.29) is 13.0 Å². The van der Waals surface area contributed by atoms with Gasteiger partial charge in [0.15, 0.2) is 0 Å². The fourth-order valence-corrected chi connectivity index (χ4v) is 3.23. The first-order valence-electron chi connectivity index (χ1n) is 6.91. The molecule has 0 aliphatic heterocycles. The molecule has 2 aromatic rings. The lowest BCUT2D eigenvalue weighted by Crippen LogP contribution is -2.42. The molecule has 0 saturated carbocycles. The predicted molar refractivity (Wildman–Crippen MR) is 79.7 cm³/mol. The van der Waals surface area contributed by atoms with E-state index in [9.17, 15) is 26.7 Å². The molecule has 0 fully saturated rings. The van der Waals surface area contributed by atoms with Crippen molar-refractivity contribution in [3.05, 3.63) is 54.0 Å². The maximum Gasteiger partial charge on any atom is 0.416 e. The molecule has 0 aliphatic rings. The summed E-state index contributed by atoms with van der Waals surface area (Å²) >= 11 is 0. The maximum absolute atomic E-state index is 12.7. The predicted octanol–water partition coefficient (Wildman–Crippen LogP) is 2.57. The smallest absolute Gasteiger partial charge is 0.416 e. The number of nitrogens with one attached hydrogen (secondary N) is 1. The molecule has 2 N–H and O–H groups in total. The van der Waals surface area contributed by atoms with Gasteiger partial charge in [0.2, 0.25) is 10.0 Å². The van der Waals surface area contributed by atoms with Gasteiger partial charge in [-0.25, -0.2) is 13.1 Å². The summed E-state index contributed by atoms with van der Waals surface area (Å²) in [4.78, 5) is -0.522. The number of benzene rings is 1. The summed E-state index contributed by atoms with van der Waals surface area (Å²) in [5.41, 5.74) is -2.53. The molecule has 5 nitrogen and oxygen atoms in total. The molecule has 9 heteroatoms. The molecule has 2 rings (SSSR count). The zero-order valence-electron chi connectivity index (χ0n) is 12.7. The minimum atomic E-state index is -4.64. The zero-order valence-corrected chi connectivity index (χ0v) is 13.5. The first-order chi connectivity index (χ1) is 11.0. The summed E-state index contributed by atoms with van der Waals surface area (Å²) in [5.74, 6) is 0.457. The molecule has 1 heterocycles. The molecule has 0 radical (unpaired) electrons. The van der Waals surface area contributed by atoms with Crippen molar-refractivity contribution in [1.29, 1.82) is 0 Å². The highest BCUT2D eigenvalue weighted by Gasteiger charge is 2.32. The van der Waals surface area contributed by atoms with Crippen molar-refractivity contribution < 1.29 is 31.1 Å². The molecule has 132 valence electrons. The second-order valence-electron chi connectivity index (χ2n) is 5.60. The van der Waals surface area contributed by atoms with E-state index in [4.69, 9.17) is 4.42 Å². The monoisotopic (exact) mass is 363 g/mol. The van der Waals surface area contributed by atoms with Crippen LogP contribution in [0, 0.1) is 0 Å². The van der Waals surface area contributed by atoms with E-state index in [1.54, 1.807) is 12.1 Å². The Kier molecular flexibility index (Phi) is 5.07. The van der Waals surface area contributed by atoms with Crippen LogP contribution >= 0.6 is 0 Å². The van der Waals surface area contributed by atoms with Crippen molar-refractivity contribution >= 4 is 10.0 Å². The SMILES string of the molecule is C[C@](O)(CNS(=O)(=O)c1cccc(C(F)(F)F)c1)Cc1ccco1. The van der Waals surface area contributed by atoms with Crippen molar-refractivity contribution in [1.82, 2.24) is 4.72 Å². The molecule has 0 saturated heterocycles. The van der Waals surface area contributed by atoms with Crippen LogP contribution in [0.2, 0.25) is 0 Å². The second-order valence-corrected chi connectivity index (χ2v) is 7.37.